The fourth-order valence-corrected chi connectivity index (χ4v) is 3.06. The third-order valence-corrected chi connectivity index (χ3v) is 8.93. The second kappa shape index (κ2) is 5.26. The van der Waals surface area contributed by atoms with Crippen LogP contribution in [0.1, 0.15) is 20.8 Å². The van der Waals surface area contributed by atoms with Crippen molar-refractivity contribution in [2.75, 3.05) is 12.3 Å². The Morgan fingerprint density at radius 2 is 1.90 bits per heavy atom. The van der Waals surface area contributed by atoms with Gasteiger partial charge in [0.25, 0.3) is 0 Å². The highest BCUT2D eigenvalue weighted by Crippen LogP contribution is 2.36. The van der Waals surface area contributed by atoms with E-state index in [1.54, 1.807) is 0 Å². The third-order valence-electron chi connectivity index (χ3n) is 4.40. The van der Waals surface area contributed by atoms with Crippen molar-refractivity contribution in [2.45, 2.75) is 45.4 Å². The minimum absolute atomic E-state index is 0.264. The maximum absolute atomic E-state index is 6.23. The molecule has 0 saturated carbocycles. The second-order valence-corrected chi connectivity index (χ2v) is 11.7. The van der Waals surface area contributed by atoms with E-state index in [1.807, 2.05) is 12.1 Å². The first-order valence-corrected chi connectivity index (χ1v) is 10.1. The van der Waals surface area contributed by atoms with Crippen molar-refractivity contribution in [1.82, 2.24) is 4.57 Å². The Balaban J connectivity index is 2.04. The van der Waals surface area contributed by atoms with Gasteiger partial charge in [-0.15, -0.1) is 0 Å². The topological polar surface area (TPSA) is 40.2 Å². The van der Waals surface area contributed by atoms with Crippen molar-refractivity contribution < 1.29 is 4.43 Å². The van der Waals surface area contributed by atoms with E-state index in [1.165, 1.54) is 10.9 Å². The maximum atomic E-state index is 6.23. The smallest absolute Gasteiger partial charge is 0.192 e. The molecule has 0 unspecified atom stereocenters. The molecule has 2 N–H and O–H groups in total. The molecule has 0 amide bonds. The second-order valence-electron chi connectivity index (χ2n) is 6.94. The SMILES string of the molecule is CC(C)(C)[Si](C)(C)OCCn1ccc2cc(N)ccc21. The van der Waals surface area contributed by atoms with Gasteiger partial charge in [0, 0.05) is 29.3 Å². The van der Waals surface area contributed by atoms with E-state index in [0.29, 0.717) is 0 Å². The molecular weight excluding hydrogens is 264 g/mol. The van der Waals surface area contributed by atoms with E-state index >= 15 is 0 Å². The molecule has 0 atom stereocenters. The molecule has 0 saturated heterocycles. The summed E-state index contributed by atoms with van der Waals surface area (Å²) in [5.74, 6) is 0. The van der Waals surface area contributed by atoms with Gasteiger partial charge in [-0.3, -0.25) is 0 Å². The van der Waals surface area contributed by atoms with Crippen LogP contribution in [0.2, 0.25) is 18.1 Å². The first-order valence-electron chi connectivity index (χ1n) is 7.19. The van der Waals surface area contributed by atoms with Crippen LogP contribution in [0.5, 0.6) is 0 Å². The van der Waals surface area contributed by atoms with Gasteiger partial charge < -0.3 is 14.7 Å². The van der Waals surface area contributed by atoms with Crippen molar-refractivity contribution in [3.8, 4) is 0 Å². The maximum Gasteiger partial charge on any atom is 0.192 e. The van der Waals surface area contributed by atoms with Crippen LogP contribution >= 0.6 is 0 Å². The number of nitrogens with two attached hydrogens (primary N) is 1. The number of hydrogen-bond acceptors (Lipinski definition) is 2. The Morgan fingerprint density at radius 1 is 1.20 bits per heavy atom. The number of rotatable bonds is 4. The molecular formula is C16H26N2OSi. The van der Waals surface area contributed by atoms with Gasteiger partial charge in [-0.1, -0.05) is 20.8 Å². The number of nitrogen functional groups attached to an aromatic ring is 1. The number of fused-ring (bicyclic) bond motifs is 1. The molecule has 0 aliphatic heterocycles. The molecule has 2 rings (SSSR count). The highest BCUT2D eigenvalue weighted by Gasteiger charge is 2.36. The van der Waals surface area contributed by atoms with Crippen LogP contribution in [-0.4, -0.2) is 19.5 Å². The average molecular weight is 290 g/mol. The molecule has 3 nitrogen and oxygen atoms in total. The third kappa shape index (κ3) is 3.07. The Hall–Kier alpha value is -1.26. The zero-order valence-corrected chi connectivity index (χ0v) is 14.2. The Kier molecular flexibility index (Phi) is 3.98. The van der Waals surface area contributed by atoms with E-state index in [-0.39, 0.29) is 5.04 Å². The predicted molar refractivity (Wildman–Crippen MR) is 89.5 cm³/mol. The lowest BCUT2D eigenvalue weighted by atomic mass is 10.2. The molecule has 20 heavy (non-hydrogen) atoms. The Morgan fingerprint density at radius 3 is 2.55 bits per heavy atom. The normalized spacial score (nSPS) is 13.1. The van der Waals surface area contributed by atoms with Gasteiger partial charge >= 0.3 is 0 Å². The summed E-state index contributed by atoms with van der Waals surface area (Å²) < 4.78 is 8.47. The van der Waals surface area contributed by atoms with Gasteiger partial charge in [-0.05, 0) is 42.4 Å². The number of benzene rings is 1. The molecule has 1 heterocycles. The van der Waals surface area contributed by atoms with Crippen LogP contribution in [0.4, 0.5) is 5.69 Å². The Bertz CT molecular complexity index is 596. The Labute approximate surface area is 122 Å². The molecule has 2 aromatic rings. The summed E-state index contributed by atoms with van der Waals surface area (Å²) in [7, 11) is -1.65. The highest BCUT2D eigenvalue weighted by atomic mass is 28.4. The first-order chi connectivity index (χ1) is 9.21. The molecule has 1 aromatic heterocycles. The van der Waals surface area contributed by atoms with E-state index < -0.39 is 8.32 Å². The van der Waals surface area contributed by atoms with Crippen LogP contribution in [0.3, 0.4) is 0 Å². The van der Waals surface area contributed by atoms with Crippen LogP contribution in [0.15, 0.2) is 30.5 Å². The van der Waals surface area contributed by atoms with Gasteiger partial charge in [0.05, 0.1) is 6.61 Å². The van der Waals surface area contributed by atoms with Crippen LogP contribution in [-0.2, 0) is 11.0 Å². The van der Waals surface area contributed by atoms with Gasteiger partial charge in [-0.2, -0.15) is 0 Å². The molecule has 0 spiro atoms. The summed E-state index contributed by atoms with van der Waals surface area (Å²) in [5, 5.41) is 1.46. The van der Waals surface area contributed by atoms with Crippen LogP contribution in [0.25, 0.3) is 10.9 Å². The largest absolute Gasteiger partial charge is 0.415 e. The quantitative estimate of drug-likeness (QED) is 0.675. The number of aromatic nitrogens is 1. The summed E-state index contributed by atoms with van der Waals surface area (Å²) in [6.45, 7) is 13.1. The van der Waals surface area contributed by atoms with Crippen LogP contribution in [0, 0.1) is 0 Å². The standard InChI is InChI=1S/C16H26N2OSi/c1-16(2,3)20(4,5)19-11-10-18-9-8-13-12-14(17)6-7-15(13)18/h6-9,12H,10-11,17H2,1-5H3. The monoisotopic (exact) mass is 290 g/mol. The molecule has 4 heteroatoms. The van der Waals surface area contributed by atoms with Crippen LogP contribution < -0.4 is 5.73 Å². The molecule has 0 fully saturated rings. The zero-order chi connectivity index (χ0) is 15.0. The molecule has 1 aromatic carbocycles. The predicted octanol–water partition coefficient (Wildman–Crippen LogP) is 4.25. The highest BCUT2D eigenvalue weighted by molar-refractivity contribution is 6.74. The molecule has 0 bridgehead atoms. The minimum Gasteiger partial charge on any atom is -0.415 e. The lowest BCUT2D eigenvalue weighted by Crippen LogP contribution is -2.41. The number of nitrogens with zero attached hydrogens (tertiary/aromatic N) is 1. The summed E-state index contributed by atoms with van der Waals surface area (Å²) in [4.78, 5) is 0. The summed E-state index contributed by atoms with van der Waals surface area (Å²) in [5.41, 5.74) is 7.84. The van der Waals surface area contributed by atoms with Crippen molar-refractivity contribution >= 4 is 24.9 Å². The van der Waals surface area contributed by atoms with E-state index in [9.17, 15) is 0 Å². The van der Waals surface area contributed by atoms with E-state index in [2.05, 4.69) is 56.8 Å². The van der Waals surface area contributed by atoms with Gasteiger partial charge in [0.2, 0.25) is 0 Å². The van der Waals surface area contributed by atoms with Gasteiger partial charge in [0.15, 0.2) is 8.32 Å². The summed E-state index contributed by atoms with van der Waals surface area (Å²) in [6, 6.07) is 8.16. The number of anilines is 1. The molecule has 0 radical (unpaired) electrons. The zero-order valence-electron chi connectivity index (χ0n) is 13.2. The van der Waals surface area contributed by atoms with E-state index in [4.69, 9.17) is 10.2 Å². The van der Waals surface area contributed by atoms with Crippen molar-refractivity contribution in [2.24, 2.45) is 0 Å². The van der Waals surface area contributed by atoms with Gasteiger partial charge in [0.1, 0.15) is 0 Å². The van der Waals surface area contributed by atoms with Crippen molar-refractivity contribution in [3.05, 3.63) is 30.5 Å². The molecule has 0 aliphatic rings. The fraction of sp³-hybridized carbons (Fsp3) is 0.500. The van der Waals surface area contributed by atoms with Crippen molar-refractivity contribution in [3.63, 3.8) is 0 Å². The molecule has 110 valence electrons. The lowest BCUT2D eigenvalue weighted by molar-refractivity contribution is 0.273. The summed E-state index contributed by atoms with van der Waals surface area (Å²) in [6.07, 6.45) is 2.11. The number of hydrogen-bond donors (Lipinski definition) is 1. The minimum atomic E-state index is -1.65. The lowest BCUT2D eigenvalue weighted by Gasteiger charge is -2.36. The average Bonchev–Trinajstić information content (AvgIpc) is 2.70. The summed E-state index contributed by atoms with van der Waals surface area (Å²) >= 11 is 0. The van der Waals surface area contributed by atoms with E-state index in [0.717, 1.165) is 18.8 Å². The first kappa shape index (κ1) is 15.1. The van der Waals surface area contributed by atoms with Gasteiger partial charge in [-0.25, -0.2) is 0 Å². The van der Waals surface area contributed by atoms with Crippen molar-refractivity contribution in [1.29, 1.82) is 0 Å². The fourth-order valence-electron chi connectivity index (χ4n) is 2.03. The molecule has 0 aliphatic carbocycles.